The third-order valence-corrected chi connectivity index (χ3v) is 1.20. The molecule has 46 valence electrons. The lowest BCUT2D eigenvalue weighted by atomic mass is 10.9. The Morgan fingerprint density at radius 3 is 2.38 bits per heavy atom. The molecule has 0 aromatic rings. The summed E-state index contributed by atoms with van der Waals surface area (Å²) in [6.07, 6.45) is 1.87. The summed E-state index contributed by atoms with van der Waals surface area (Å²) in [6, 6.07) is 0. The summed E-state index contributed by atoms with van der Waals surface area (Å²) in [5.74, 6) is 0. The van der Waals surface area contributed by atoms with Crippen LogP contribution in [-0.4, -0.2) is 0 Å². The fourth-order valence-electron chi connectivity index (χ4n) is 0.277. The van der Waals surface area contributed by atoms with Gasteiger partial charge >= 0.3 is 0 Å². The fraction of sp³-hybridized carbons (Fsp3) is 0.333. The highest BCUT2D eigenvalue weighted by Gasteiger charge is 1.90. The van der Waals surface area contributed by atoms with Gasteiger partial charge in [0.2, 0.25) is 0 Å². The molecule has 8 heavy (non-hydrogen) atoms. The van der Waals surface area contributed by atoms with E-state index in [1.165, 1.54) is 0 Å². The van der Waals surface area contributed by atoms with E-state index in [-0.39, 0.29) is 0 Å². The van der Waals surface area contributed by atoms with Crippen LogP contribution in [0, 0.1) is 0 Å². The summed E-state index contributed by atoms with van der Waals surface area (Å²) in [5.41, 5.74) is 0. The molecule has 0 unspecified atom stereocenters. The van der Waals surface area contributed by atoms with Gasteiger partial charge in [0.05, 0.1) is 5.03 Å². The van der Waals surface area contributed by atoms with E-state index in [0.717, 1.165) is 5.03 Å². The number of hydrogen-bond donors (Lipinski definition) is 1. The Morgan fingerprint density at radius 2 is 2.25 bits per heavy atom. The van der Waals surface area contributed by atoms with Gasteiger partial charge < -0.3 is 5.32 Å². The zero-order chi connectivity index (χ0) is 6.41. The van der Waals surface area contributed by atoms with Crippen molar-refractivity contribution in [3.8, 4) is 0 Å². The maximum atomic E-state index is 3.64. The first-order chi connectivity index (χ1) is 3.89. The van der Waals surface area contributed by atoms with Crippen LogP contribution < -0.4 is 5.32 Å². The van der Waals surface area contributed by atoms with E-state index >= 15 is 0 Å². The maximum Gasteiger partial charge on any atom is 0.0691 e. The van der Waals surface area contributed by atoms with Crippen molar-refractivity contribution in [1.82, 2.24) is 5.32 Å². The van der Waals surface area contributed by atoms with Gasteiger partial charge in [-0.05, 0) is 5.41 Å². The van der Waals surface area contributed by atoms with Crippen LogP contribution in [-0.2, 0) is 0 Å². The predicted molar refractivity (Wildman–Crippen MR) is 40.4 cm³/mol. The minimum Gasteiger partial charge on any atom is -0.356 e. The fourth-order valence-corrected chi connectivity index (χ4v) is 0.714. The van der Waals surface area contributed by atoms with Crippen molar-refractivity contribution >= 4 is 11.8 Å². The topological polar surface area (TPSA) is 12.0 Å². The zero-order valence-electron chi connectivity index (χ0n) is 5.27. The molecule has 0 aromatic carbocycles. The van der Waals surface area contributed by atoms with Gasteiger partial charge in [-0.2, -0.15) is 0 Å². The van der Waals surface area contributed by atoms with Crippen LogP contribution in [0.5, 0.6) is 0 Å². The third-order valence-electron chi connectivity index (χ3n) is 0.523. The van der Waals surface area contributed by atoms with Gasteiger partial charge in [0, 0.05) is 6.20 Å². The molecule has 1 heterocycles. The first-order valence-corrected chi connectivity index (χ1v) is 3.55. The van der Waals surface area contributed by atoms with E-state index < -0.39 is 0 Å². The molecule has 0 atom stereocenters. The van der Waals surface area contributed by atoms with E-state index in [1.54, 1.807) is 11.8 Å². The molecule has 1 aliphatic heterocycles. The van der Waals surface area contributed by atoms with Crippen LogP contribution in [0.2, 0.25) is 0 Å². The third kappa shape index (κ3) is 2.75. The lowest BCUT2D eigenvalue weighted by Gasteiger charge is -1.85. The lowest BCUT2D eigenvalue weighted by Crippen LogP contribution is -1.90. The minimum atomic E-state index is 1.01. The first-order valence-electron chi connectivity index (χ1n) is 2.67. The highest BCUT2D eigenvalue weighted by atomic mass is 32.2. The molecule has 0 aliphatic carbocycles. The van der Waals surface area contributed by atoms with E-state index in [9.17, 15) is 0 Å². The van der Waals surface area contributed by atoms with E-state index in [4.69, 9.17) is 0 Å². The van der Waals surface area contributed by atoms with E-state index in [0.29, 0.717) is 0 Å². The summed E-state index contributed by atoms with van der Waals surface area (Å²) >= 11 is 1.61. The van der Waals surface area contributed by atoms with Crippen LogP contribution >= 0.6 is 11.8 Å². The molecule has 0 fully saturated rings. The molecule has 0 spiro atoms. The largest absolute Gasteiger partial charge is 0.356 e. The minimum absolute atomic E-state index is 1.01. The molecular weight excluding hydrogens is 118 g/mol. The molecule has 0 saturated carbocycles. The van der Waals surface area contributed by atoms with Gasteiger partial charge in [0.25, 0.3) is 0 Å². The van der Waals surface area contributed by atoms with Gasteiger partial charge in [-0.3, -0.25) is 0 Å². The molecular formula is C6H11NS. The van der Waals surface area contributed by atoms with Crippen molar-refractivity contribution in [2.75, 3.05) is 0 Å². The van der Waals surface area contributed by atoms with Crippen LogP contribution in [0.1, 0.15) is 13.8 Å². The SMILES string of the molecule is C=C1NC=CS1.CC. The van der Waals surface area contributed by atoms with Gasteiger partial charge in [0.15, 0.2) is 0 Å². The Morgan fingerprint density at radius 1 is 1.62 bits per heavy atom. The smallest absolute Gasteiger partial charge is 0.0691 e. The normalized spacial score (nSPS) is 14.5. The molecule has 0 amide bonds. The van der Waals surface area contributed by atoms with Crippen LogP contribution in [0.4, 0.5) is 0 Å². The molecule has 1 nitrogen and oxygen atoms in total. The van der Waals surface area contributed by atoms with E-state index in [2.05, 4.69) is 11.9 Å². The predicted octanol–water partition coefficient (Wildman–Crippen LogP) is 2.29. The highest BCUT2D eigenvalue weighted by molar-refractivity contribution is 8.06. The molecule has 1 rings (SSSR count). The second-order valence-electron chi connectivity index (χ2n) is 0.988. The Balaban J connectivity index is 0.000000222. The van der Waals surface area contributed by atoms with Crippen molar-refractivity contribution in [3.05, 3.63) is 23.2 Å². The van der Waals surface area contributed by atoms with Crippen molar-refractivity contribution < 1.29 is 0 Å². The summed E-state index contributed by atoms with van der Waals surface area (Å²) in [4.78, 5) is 0. The van der Waals surface area contributed by atoms with Crippen molar-refractivity contribution in [1.29, 1.82) is 0 Å². The zero-order valence-corrected chi connectivity index (χ0v) is 6.09. The number of rotatable bonds is 0. The first kappa shape index (κ1) is 7.63. The molecule has 2 heteroatoms. The summed E-state index contributed by atoms with van der Waals surface area (Å²) in [6.45, 7) is 7.64. The summed E-state index contributed by atoms with van der Waals surface area (Å²) in [7, 11) is 0. The molecule has 1 N–H and O–H groups in total. The number of hydrogen-bond acceptors (Lipinski definition) is 2. The molecule has 0 bridgehead atoms. The van der Waals surface area contributed by atoms with Gasteiger partial charge in [0.1, 0.15) is 0 Å². The number of nitrogens with one attached hydrogen (secondary N) is 1. The summed E-state index contributed by atoms with van der Waals surface area (Å²) < 4.78 is 0. The van der Waals surface area contributed by atoms with Crippen LogP contribution in [0.15, 0.2) is 23.2 Å². The Kier molecular flexibility index (Phi) is 4.56. The van der Waals surface area contributed by atoms with Crippen molar-refractivity contribution in [2.45, 2.75) is 13.8 Å². The van der Waals surface area contributed by atoms with Crippen LogP contribution in [0.3, 0.4) is 0 Å². The Labute approximate surface area is 54.9 Å². The molecule has 1 aliphatic rings. The average Bonchev–Trinajstić information content (AvgIpc) is 2.24. The lowest BCUT2D eigenvalue weighted by molar-refractivity contribution is 1.20. The van der Waals surface area contributed by atoms with Gasteiger partial charge in [-0.15, -0.1) is 0 Å². The van der Waals surface area contributed by atoms with Crippen LogP contribution in [0.25, 0.3) is 0 Å². The van der Waals surface area contributed by atoms with Crippen molar-refractivity contribution in [3.63, 3.8) is 0 Å². The van der Waals surface area contributed by atoms with Crippen molar-refractivity contribution in [2.24, 2.45) is 0 Å². The molecule has 0 aromatic heterocycles. The average molecular weight is 129 g/mol. The Bertz CT molecular complexity index is 86.7. The molecule has 0 radical (unpaired) electrons. The second kappa shape index (κ2) is 4.78. The Hall–Kier alpha value is -0.370. The monoisotopic (exact) mass is 129 g/mol. The standard InChI is InChI=1S/C4H5NS.C2H6/c1-4-5-2-3-6-4;1-2/h2-3,5H,1H2;1-2H3. The highest BCUT2D eigenvalue weighted by Crippen LogP contribution is 2.15. The summed E-state index contributed by atoms with van der Waals surface area (Å²) in [5, 5.41) is 5.88. The van der Waals surface area contributed by atoms with Gasteiger partial charge in [-0.1, -0.05) is 32.2 Å². The quantitative estimate of drug-likeness (QED) is 0.538. The number of thioether (sulfide) groups is 1. The van der Waals surface area contributed by atoms with Gasteiger partial charge in [-0.25, -0.2) is 0 Å². The second-order valence-corrected chi connectivity index (χ2v) is 1.99. The maximum absolute atomic E-state index is 3.64. The van der Waals surface area contributed by atoms with E-state index in [1.807, 2.05) is 25.5 Å². The molecule has 0 saturated heterocycles.